The molecule has 2 aromatic rings. The zero-order valence-electron chi connectivity index (χ0n) is 13.5. The second kappa shape index (κ2) is 7.92. The molecular formula is C16H21N3O3S. The summed E-state index contributed by atoms with van der Waals surface area (Å²) in [4.78, 5) is 27.1. The zero-order valence-corrected chi connectivity index (χ0v) is 14.3. The molecular weight excluding hydrogens is 314 g/mol. The van der Waals surface area contributed by atoms with Crippen molar-refractivity contribution in [3.63, 3.8) is 0 Å². The van der Waals surface area contributed by atoms with E-state index in [0.29, 0.717) is 41.2 Å². The SMILES string of the molecule is CC(=O)NCc1ccc(-c2csc(NC(=O)CCC(C)C)n2)o1. The Balaban J connectivity index is 1.93. The van der Waals surface area contributed by atoms with Crippen LogP contribution in [-0.2, 0) is 16.1 Å². The number of carbonyl (C=O) groups is 2. The summed E-state index contributed by atoms with van der Waals surface area (Å²) in [5.41, 5.74) is 0.670. The van der Waals surface area contributed by atoms with Gasteiger partial charge in [0.25, 0.3) is 0 Å². The molecule has 7 heteroatoms. The lowest BCUT2D eigenvalue weighted by atomic mass is 10.1. The standard InChI is InChI=1S/C16H21N3O3S/c1-10(2)4-7-15(21)19-16-18-13(9-23-16)14-6-5-12(22-14)8-17-11(3)20/h5-6,9-10H,4,7-8H2,1-3H3,(H,17,20)(H,18,19,21). The van der Waals surface area contributed by atoms with Crippen molar-refractivity contribution in [2.75, 3.05) is 5.32 Å². The monoisotopic (exact) mass is 335 g/mol. The smallest absolute Gasteiger partial charge is 0.226 e. The van der Waals surface area contributed by atoms with Gasteiger partial charge < -0.3 is 15.1 Å². The van der Waals surface area contributed by atoms with E-state index >= 15 is 0 Å². The van der Waals surface area contributed by atoms with Crippen molar-refractivity contribution < 1.29 is 14.0 Å². The molecule has 2 heterocycles. The first-order valence-electron chi connectivity index (χ1n) is 7.53. The Morgan fingerprint density at radius 3 is 2.83 bits per heavy atom. The predicted octanol–water partition coefficient (Wildman–Crippen LogP) is 3.41. The predicted molar refractivity (Wildman–Crippen MR) is 90.0 cm³/mol. The number of hydrogen-bond donors (Lipinski definition) is 2. The van der Waals surface area contributed by atoms with E-state index < -0.39 is 0 Å². The van der Waals surface area contributed by atoms with Crippen LogP contribution in [0.3, 0.4) is 0 Å². The number of aromatic nitrogens is 1. The summed E-state index contributed by atoms with van der Waals surface area (Å²) in [6.07, 6.45) is 1.35. The van der Waals surface area contributed by atoms with Crippen LogP contribution in [-0.4, -0.2) is 16.8 Å². The molecule has 0 saturated carbocycles. The maximum atomic E-state index is 11.8. The minimum atomic E-state index is -0.108. The number of rotatable bonds is 7. The minimum Gasteiger partial charge on any atom is -0.458 e. The Morgan fingerprint density at radius 2 is 2.13 bits per heavy atom. The normalized spacial score (nSPS) is 10.8. The molecule has 2 aromatic heterocycles. The van der Waals surface area contributed by atoms with Crippen LogP contribution in [0.4, 0.5) is 5.13 Å². The summed E-state index contributed by atoms with van der Waals surface area (Å²) >= 11 is 1.36. The molecule has 0 unspecified atom stereocenters. The van der Waals surface area contributed by atoms with Crippen molar-refractivity contribution in [3.05, 3.63) is 23.3 Å². The lowest BCUT2D eigenvalue weighted by Gasteiger charge is -2.03. The van der Waals surface area contributed by atoms with Crippen molar-refractivity contribution in [1.29, 1.82) is 0 Å². The van der Waals surface area contributed by atoms with Gasteiger partial charge in [-0.3, -0.25) is 9.59 Å². The van der Waals surface area contributed by atoms with E-state index in [1.165, 1.54) is 18.3 Å². The Hall–Kier alpha value is -2.15. The van der Waals surface area contributed by atoms with Gasteiger partial charge in [-0.05, 0) is 24.5 Å². The molecule has 0 radical (unpaired) electrons. The maximum Gasteiger partial charge on any atom is 0.226 e. The minimum absolute atomic E-state index is 0.0228. The van der Waals surface area contributed by atoms with Crippen LogP contribution in [0.5, 0.6) is 0 Å². The number of thiazole rings is 1. The topological polar surface area (TPSA) is 84.2 Å². The third kappa shape index (κ3) is 5.52. The van der Waals surface area contributed by atoms with Gasteiger partial charge in [-0.1, -0.05) is 13.8 Å². The highest BCUT2D eigenvalue weighted by Gasteiger charge is 2.11. The lowest BCUT2D eigenvalue weighted by Crippen LogP contribution is -2.18. The van der Waals surface area contributed by atoms with Crippen LogP contribution < -0.4 is 10.6 Å². The maximum absolute atomic E-state index is 11.8. The first-order valence-corrected chi connectivity index (χ1v) is 8.41. The summed E-state index contributed by atoms with van der Waals surface area (Å²) in [5, 5.41) is 7.87. The average Bonchev–Trinajstić information content (AvgIpc) is 3.11. The van der Waals surface area contributed by atoms with Crippen LogP contribution in [0.25, 0.3) is 11.5 Å². The van der Waals surface area contributed by atoms with Gasteiger partial charge in [0.2, 0.25) is 11.8 Å². The number of furan rings is 1. The zero-order chi connectivity index (χ0) is 16.8. The molecule has 124 valence electrons. The van der Waals surface area contributed by atoms with Gasteiger partial charge in [0.05, 0.1) is 6.54 Å². The molecule has 0 fully saturated rings. The molecule has 0 bridgehead atoms. The summed E-state index contributed by atoms with van der Waals surface area (Å²) < 4.78 is 5.63. The Labute approximate surface area is 139 Å². The highest BCUT2D eigenvalue weighted by Crippen LogP contribution is 2.26. The van der Waals surface area contributed by atoms with Gasteiger partial charge in [0.1, 0.15) is 11.5 Å². The summed E-state index contributed by atoms with van der Waals surface area (Å²) in [7, 11) is 0. The molecule has 0 spiro atoms. The van der Waals surface area contributed by atoms with E-state index in [0.717, 1.165) is 6.42 Å². The number of hydrogen-bond acceptors (Lipinski definition) is 5. The third-order valence-corrected chi connectivity index (χ3v) is 3.88. The Bertz CT molecular complexity index is 676. The summed E-state index contributed by atoms with van der Waals surface area (Å²) in [5.74, 6) is 1.64. The second-order valence-corrected chi connectivity index (χ2v) is 6.55. The van der Waals surface area contributed by atoms with Gasteiger partial charge in [0, 0.05) is 18.7 Å². The van der Waals surface area contributed by atoms with Gasteiger partial charge in [-0.2, -0.15) is 0 Å². The molecule has 0 aliphatic heterocycles. The van der Waals surface area contributed by atoms with Crippen molar-refractivity contribution in [2.24, 2.45) is 5.92 Å². The van der Waals surface area contributed by atoms with Crippen molar-refractivity contribution in [3.8, 4) is 11.5 Å². The van der Waals surface area contributed by atoms with E-state index in [2.05, 4.69) is 29.5 Å². The molecule has 2 amide bonds. The highest BCUT2D eigenvalue weighted by molar-refractivity contribution is 7.14. The van der Waals surface area contributed by atoms with E-state index in [9.17, 15) is 9.59 Å². The summed E-state index contributed by atoms with van der Waals surface area (Å²) in [6.45, 7) is 5.98. The van der Waals surface area contributed by atoms with Crippen LogP contribution >= 0.6 is 11.3 Å². The number of nitrogens with one attached hydrogen (secondary N) is 2. The number of anilines is 1. The highest BCUT2D eigenvalue weighted by atomic mass is 32.1. The molecule has 6 nitrogen and oxygen atoms in total. The molecule has 2 rings (SSSR count). The Morgan fingerprint density at radius 1 is 1.35 bits per heavy atom. The molecule has 2 N–H and O–H groups in total. The van der Waals surface area contributed by atoms with Crippen LogP contribution in [0.1, 0.15) is 39.4 Å². The van der Waals surface area contributed by atoms with Gasteiger partial charge >= 0.3 is 0 Å². The molecule has 0 aromatic carbocycles. The van der Waals surface area contributed by atoms with E-state index in [1.54, 1.807) is 12.1 Å². The van der Waals surface area contributed by atoms with Gasteiger partial charge in [-0.25, -0.2) is 4.98 Å². The van der Waals surface area contributed by atoms with Crippen LogP contribution in [0.2, 0.25) is 0 Å². The fourth-order valence-corrected chi connectivity index (χ4v) is 2.58. The fraction of sp³-hybridized carbons (Fsp3) is 0.438. The third-order valence-electron chi connectivity index (χ3n) is 3.12. The Kier molecular flexibility index (Phi) is 5.92. The molecule has 0 saturated heterocycles. The fourth-order valence-electron chi connectivity index (χ4n) is 1.87. The van der Waals surface area contributed by atoms with E-state index in [1.807, 2.05) is 5.38 Å². The molecule has 0 aliphatic carbocycles. The average molecular weight is 335 g/mol. The number of amides is 2. The summed E-state index contributed by atoms with van der Waals surface area (Å²) in [6, 6.07) is 3.60. The second-order valence-electron chi connectivity index (χ2n) is 5.69. The van der Waals surface area contributed by atoms with Gasteiger partial charge in [0.15, 0.2) is 10.9 Å². The quantitative estimate of drug-likeness (QED) is 0.812. The van der Waals surface area contributed by atoms with Crippen LogP contribution in [0.15, 0.2) is 21.9 Å². The lowest BCUT2D eigenvalue weighted by molar-refractivity contribution is -0.119. The first-order chi connectivity index (χ1) is 10.9. The van der Waals surface area contributed by atoms with Crippen molar-refractivity contribution >= 4 is 28.3 Å². The van der Waals surface area contributed by atoms with Crippen LogP contribution in [0, 0.1) is 5.92 Å². The number of carbonyl (C=O) groups excluding carboxylic acids is 2. The van der Waals surface area contributed by atoms with Gasteiger partial charge in [-0.15, -0.1) is 11.3 Å². The van der Waals surface area contributed by atoms with Crippen molar-refractivity contribution in [2.45, 2.75) is 40.2 Å². The van der Waals surface area contributed by atoms with Crippen molar-refractivity contribution in [1.82, 2.24) is 10.3 Å². The van der Waals surface area contributed by atoms with E-state index in [4.69, 9.17) is 4.42 Å². The first kappa shape index (κ1) is 17.2. The van der Waals surface area contributed by atoms with E-state index in [-0.39, 0.29) is 11.8 Å². The molecule has 0 aliphatic rings. The largest absolute Gasteiger partial charge is 0.458 e. The molecule has 0 atom stereocenters. The molecule has 23 heavy (non-hydrogen) atoms. The number of nitrogens with zero attached hydrogens (tertiary/aromatic N) is 1.